The first-order chi connectivity index (χ1) is 17.1. The summed E-state index contributed by atoms with van der Waals surface area (Å²) in [5, 5.41) is 16.7. The largest absolute Gasteiger partial charge is 0.339 e. The van der Waals surface area contributed by atoms with Crippen LogP contribution in [0.3, 0.4) is 0 Å². The average Bonchev–Trinajstić information content (AvgIpc) is 3.31. The molecule has 2 aromatic carbocycles. The molecular formula is C27H30N6O2. The van der Waals surface area contributed by atoms with Gasteiger partial charge in [-0.1, -0.05) is 43.3 Å². The van der Waals surface area contributed by atoms with Crippen LogP contribution in [0.2, 0.25) is 0 Å². The highest BCUT2D eigenvalue weighted by molar-refractivity contribution is 5.94. The van der Waals surface area contributed by atoms with E-state index in [0.717, 1.165) is 31.5 Å². The Morgan fingerprint density at radius 1 is 1.09 bits per heavy atom. The number of anilines is 1. The molecule has 35 heavy (non-hydrogen) atoms. The van der Waals surface area contributed by atoms with Crippen LogP contribution in [0.15, 0.2) is 66.9 Å². The molecule has 2 amide bonds. The summed E-state index contributed by atoms with van der Waals surface area (Å²) in [5.41, 5.74) is 1.79. The van der Waals surface area contributed by atoms with Crippen molar-refractivity contribution in [3.8, 4) is 11.8 Å². The fourth-order valence-corrected chi connectivity index (χ4v) is 4.55. The maximum Gasteiger partial charge on any atom is 0.253 e. The fourth-order valence-electron chi connectivity index (χ4n) is 4.55. The fraction of sp³-hybridized carbons (Fsp3) is 0.333. The van der Waals surface area contributed by atoms with E-state index in [1.54, 1.807) is 4.68 Å². The molecule has 0 atom stereocenters. The number of nitrogens with one attached hydrogen (secondary N) is 1. The molecule has 1 saturated heterocycles. The van der Waals surface area contributed by atoms with Crippen molar-refractivity contribution in [2.75, 3.05) is 31.5 Å². The molecule has 0 aliphatic carbocycles. The molecule has 1 aliphatic rings. The normalized spacial score (nSPS) is 14.0. The van der Waals surface area contributed by atoms with Gasteiger partial charge < -0.3 is 10.2 Å². The second-order valence-corrected chi connectivity index (χ2v) is 8.67. The van der Waals surface area contributed by atoms with E-state index in [4.69, 9.17) is 0 Å². The molecule has 1 fully saturated rings. The van der Waals surface area contributed by atoms with Crippen LogP contribution >= 0.6 is 0 Å². The van der Waals surface area contributed by atoms with Crippen molar-refractivity contribution in [1.82, 2.24) is 19.6 Å². The molecule has 0 saturated carbocycles. The predicted molar refractivity (Wildman–Crippen MR) is 134 cm³/mol. The predicted octanol–water partition coefficient (Wildman–Crippen LogP) is 3.70. The first-order valence-corrected chi connectivity index (χ1v) is 12.0. The Hall–Kier alpha value is -3.96. The molecule has 8 heteroatoms. The number of rotatable bonds is 8. The van der Waals surface area contributed by atoms with Crippen LogP contribution < -0.4 is 5.32 Å². The smallest absolute Gasteiger partial charge is 0.253 e. The lowest BCUT2D eigenvalue weighted by Gasteiger charge is -2.38. The third-order valence-electron chi connectivity index (χ3n) is 6.29. The number of hydrogen-bond acceptors (Lipinski definition) is 5. The number of nitrogens with zero attached hydrogens (tertiary/aromatic N) is 5. The topological polar surface area (TPSA) is 94.3 Å². The third-order valence-corrected chi connectivity index (χ3v) is 6.29. The average molecular weight is 471 g/mol. The Balaban J connectivity index is 1.40. The molecule has 1 aromatic heterocycles. The van der Waals surface area contributed by atoms with E-state index < -0.39 is 0 Å². The number of nitriles is 1. The first-order valence-electron chi connectivity index (χ1n) is 12.0. The SMILES string of the molecule is CCCN(CC(=O)Nc1c(C#N)cnn1-c1ccccc1)C1CCN(C(=O)c2ccccc2)CC1. The van der Waals surface area contributed by atoms with Crippen LogP contribution in [0.25, 0.3) is 5.69 Å². The van der Waals surface area contributed by atoms with E-state index in [1.165, 1.54) is 6.20 Å². The van der Waals surface area contributed by atoms with Gasteiger partial charge in [-0.25, -0.2) is 4.68 Å². The van der Waals surface area contributed by atoms with Gasteiger partial charge in [-0.3, -0.25) is 14.5 Å². The minimum absolute atomic E-state index is 0.0574. The van der Waals surface area contributed by atoms with Gasteiger partial charge in [0, 0.05) is 24.7 Å². The van der Waals surface area contributed by atoms with E-state index in [0.29, 0.717) is 30.0 Å². The van der Waals surface area contributed by atoms with E-state index in [1.807, 2.05) is 65.6 Å². The Morgan fingerprint density at radius 2 is 1.74 bits per heavy atom. The number of aromatic nitrogens is 2. The molecule has 1 aliphatic heterocycles. The van der Waals surface area contributed by atoms with E-state index in [-0.39, 0.29) is 24.4 Å². The van der Waals surface area contributed by atoms with E-state index >= 15 is 0 Å². The number of likely N-dealkylation sites (tertiary alicyclic amines) is 1. The lowest BCUT2D eigenvalue weighted by atomic mass is 10.0. The maximum atomic E-state index is 13.1. The van der Waals surface area contributed by atoms with Gasteiger partial charge in [0.2, 0.25) is 5.91 Å². The minimum atomic E-state index is -0.185. The van der Waals surface area contributed by atoms with Gasteiger partial charge in [0.05, 0.1) is 18.4 Å². The zero-order valence-corrected chi connectivity index (χ0v) is 19.9. The maximum absolute atomic E-state index is 13.1. The van der Waals surface area contributed by atoms with E-state index in [9.17, 15) is 14.9 Å². The van der Waals surface area contributed by atoms with Crippen molar-refractivity contribution >= 4 is 17.6 Å². The van der Waals surface area contributed by atoms with Gasteiger partial charge in [-0.2, -0.15) is 10.4 Å². The molecule has 0 bridgehead atoms. The summed E-state index contributed by atoms with van der Waals surface area (Å²) in [6.45, 7) is 4.43. The van der Waals surface area contributed by atoms with Crippen LogP contribution in [0.1, 0.15) is 42.1 Å². The van der Waals surface area contributed by atoms with Crippen molar-refractivity contribution < 1.29 is 9.59 Å². The highest BCUT2D eigenvalue weighted by Gasteiger charge is 2.28. The highest BCUT2D eigenvalue weighted by atomic mass is 16.2. The summed E-state index contributed by atoms with van der Waals surface area (Å²) in [6.07, 6.45) is 4.02. The quantitative estimate of drug-likeness (QED) is 0.542. The number of amides is 2. The molecule has 1 N–H and O–H groups in total. The zero-order chi connectivity index (χ0) is 24.6. The summed E-state index contributed by atoms with van der Waals surface area (Å²) in [6, 6.07) is 21.1. The molecule has 4 rings (SSSR count). The first kappa shape index (κ1) is 24.2. The second kappa shape index (κ2) is 11.4. The Bertz CT molecular complexity index is 1180. The van der Waals surface area contributed by atoms with Gasteiger partial charge in [0.1, 0.15) is 11.6 Å². The lowest BCUT2D eigenvalue weighted by molar-refractivity contribution is -0.118. The molecule has 0 spiro atoms. The van der Waals surface area contributed by atoms with Crippen molar-refractivity contribution in [3.05, 3.63) is 78.0 Å². The third kappa shape index (κ3) is 5.76. The summed E-state index contributed by atoms with van der Waals surface area (Å²) in [5.74, 6) is 0.251. The molecule has 0 radical (unpaired) electrons. The van der Waals surface area contributed by atoms with Crippen LogP contribution in [-0.2, 0) is 4.79 Å². The highest BCUT2D eigenvalue weighted by Crippen LogP contribution is 2.21. The van der Waals surface area contributed by atoms with Gasteiger partial charge in [-0.15, -0.1) is 0 Å². The van der Waals surface area contributed by atoms with Gasteiger partial charge in [0.25, 0.3) is 5.91 Å². The number of para-hydroxylation sites is 1. The molecular weight excluding hydrogens is 440 g/mol. The number of carbonyl (C=O) groups is 2. The Kier molecular flexibility index (Phi) is 7.91. The van der Waals surface area contributed by atoms with Crippen molar-refractivity contribution in [2.24, 2.45) is 0 Å². The summed E-state index contributed by atoms with van der Waals surface area (Å²) < 4.78 is 1.58. The molecule has 2 heterocycles. The number of piperidine rings is 1. The monoisotopic (exact) mass is 470 g/mol. The number of hydrogen-bond donors (Lipinski definition) is 1. The lowest BCUT2D eigenvalue weighted by Crippen LogP contribution is -2.49. The summed E-state index contributed by atoms with van der Waals surface area (Å²) in [4.78, 5) is 29.9. The van der Waals surface area contributed by atoms with Gasteiger partial charge in [0.15, 0.2) is 5.82 Å². The van der Waals surface area contributed by atoms with Crippen molar-refractivity contribution in [2.45, 2.75) is 32.2 Å². The molecule has 0 unspecified atom stereocenters. The van der Waals surface area contributed by atoms with Crippen molar-refractivity contribution in [1.29, 1.82) is 5.26 Å². The van der Waals surface area contributed by atoms with Crippen LogP contribution in [-0.4, -0.2) is 63.6 Å². The number of benzene rings is 2. The zero-order valence-electron chi connectivity index (χ0n) is 19.9. The van der Waals surface area contributed by atoms with Crippen molar-refractivity contribution in [3.63, 3.8) is 0 Å². The van der Waals surface area contributed by atoms with Crippen LogP contribution in [0.4, 0.5) is 5.82 Å². The van der Waals surface area contributed by atoms with Crippen LogP contribution in [0, 0.1) is 11.3 Å². The Morgan fingerprint density at radius 3 is 2.37 bits per heavy atom. The second-order valence-electron chi connectivity index (χ2n) is 8.67. The van der Waals surface area contributed by atoms with Gasteiger partial charge >= 0.3 is 0 Å². The molecule has 3 aromatic rings. The standard InChI is InChI=1S/C27H30N6O2/c1-2-15-32(23-13-16-31(17-14-23)27(35)21-9-5-3-6-10-21)20-25(34)30-26-22(18-28)19-29-33(26)24-11-7-4-8-12-24/h3-12,19,23H,2,13-17,20H2,1H3,(H,30,34). The molecule has 180 valence electrons. The Labute approximate surface area is 205 Å². The minimum Gasteiger partial charge on any atom is -0.339 e. The molecule has 8 nitrogen and oxygen atoms in total. The van der Waals surface area contributed by atoms with Crippen LogP contribution in [0.5, 0.6) is 0 Å². The number of carbonyl (C=O) groups excluding carboxylic acids is 2. The van der Waals surface area contributed by atoms with Gasteiger partial charge in [-0.05, 0) is 50.1 Å². The summed E-state index contributed by atoms with van der Waals surface area (Å²) in [7, 11) is 0. The summed E-state index contributed by atoms with van der Waals surface area (Å²) >= 11 is 0. The van der Waals surface area contributed by atoms with E-state index in [2.05, 4.69) is 28.3 Å².